The second kappa shape index (κ2) is 6.87. The van der Waals surface area contributed by atoms with E-state index in [0.717, 1.165) is 5.56 Å². The van der Waals surface area contributed by atoms with Crippen LogP contribution in [0.15, 0.2) is 30.3 Å². The van der Waals surface area contributed by atoms with Crippen LogP contribution < -0.4 is 0 Å². The van der Waals surface area contributed by atoms with Gasteiger partial charge in [0.1, 0.15) is 11.4 Å². The van der Waals surface area contributed by atoms with Crippen LogP contribution in [0.3, 0.4) is 0 Å². The van der Waals surface area contributed by atoms with Crippen molar-refractivity contribution in [3.05, 3.63) is 35.9 Å². The first-order valence-electron chi connectivity index (χ1n) is 5.54. The molecule has 0 atom stereocenters. The quantitative estimate of drug-likeness (QED) is 0.664. The SMILES string of the molecule is CC(C)(SC(=S)c1ccccc1)C(=O)OCCO. The van der Waals surface area contributed by atoms with E-state index >= 15 is 0 Å². The molecule has 3 nitrogen and oxygen atoms in total. The lowest BCUT2D eigenvalue weighted by molar-refractivity contribution is -0.146. The Labute approximate surface area is 117 Å². The van der Waals surface area contributed by atoms with E-state index in [1.165, 1.54) is 11.8 Å². The summed E-state index contributed by atoms with van der Waals surface area (Å²) in [5.41, 5.74) is 0.917. The molecule has 0 heterocycles. The molecule has 0 radical (unpaired) electrons. The average molecular weight is 284 g/mol. The number of rotatable bonds is 5. The van der Waals surface area contributed by atoms with Gasteiger partial charge < -0.3 is 9.84 Å². The fourth-order valence-electron chi connectivity index (χ4n) is 1.22. The Morgan fingerprint density at radius 3 is 2.56 bits per heavy atom. The standard InChI is InChI=1S/C13H16O3S2/c1-13(2,12(15)16-9-8-14)18-11(17)10-6-4-3-5-7-10/h3-7,14H,8-9H2,1-2H3. The van der Waals surface area contributed by atoms with Crippen molar-refractivity contribution in [3.8, 4) is 0 Å². The van der Waals surface area contributed by atoms with Gasteiger partial charge in [0.15, 0.2) is 0 Å². The second-order valence-electron chi connectivity index (χ2n) is 4.13. The van der Waals surface area contributed by atoms with Crippen LogP contribution in [0.2, 0.25) is 0 Å². The van der Waals surface area contributed by atoms with E-state index in [1.54, 1.807) is 13.8 Å². The fraction of sp³-hybridized carbons (Fsp3) is 0.385. The van der Waals surface area contributed by atoms with E-state index in [1.807, 2.05) is 30.3 Å². The van der Waals surface area contributed by atoms with Gasteiger partial charge >= 0.3 is 5.97 Å². The summed E-state index contributed by atoms with van der Waals surface area (Å²) < 4.78 is 4.82. The minimum Gasteiger partial charge on any atom is -0.462 e. The van der Waals surface area contributed by atoms with Gasteiger partial charge in [-0.2, -0.15) is 0 Å². The highest BCUT2D eigenvalue weighted by Gasteiger charge is 2.31. The van der Waals surface area contributed by atoms with Crippen LogP contribution in [0.4, 0.5) is 0 Å². The molecule has 1 rings (SSSR count). The molecule has 0 spiro atoms. The summed E-state index contributed by atoms with van der Waals surface area (Å²) in [7, 11) is 0. The second-order valence-corrected chi connectivity index (χ2v) is 6.43. The number of hydrogen-bond donors (Lipinski definition) is 1. The van der Waals surface area contributed by atoms with Gasteiger partial charge in [-0.1, -0.05) is 54.3 Å². The number of carbonyl (C=O) groups excluding carboxylic acids is 1. The molecule has 0 saturated carbocycles. The molecule has 1 N–H and O–H groups in total. The molecule has 0 aromatic heterocycles. The lowest BCUT2D eigenvalue weighted by Crippen LogP contribution is -2.32. The maximum Gasteiger partial charge on any atom is 0.322 e. The number of benzene rings is 1. The van der Waals surface area contributed by atoms with E-state index in [9.17, 15) is 4.79 Å². The summed E-state index contributed by atoms with van der Waals surface area (Å²) in [5.74, 6) is -0.375. The Balaban J connectivity index is 2.65. The van der Waals surface area contributed by atoms with Crippen molar-refractivity contribution in [1.82, 2.24) is 0 Å². The maximum absolute atomic E-state index is 11.8. The van der Waals surface area contributed by atoms with E-state index < -0.39 is 4.75 Å². The zero-order valence-electron chi connectivity index (χ0n) is 10.4. The van der Waals surface area contributed by atoms with Gasteiger partial charge in [0.2, 0.25) is 0 Å². The molecule has 0 aliphatic heterocycles. The van der Waals surface area contributed by atoms with Crippen molar-refractivity contribution >= 4 is 34.1 Å². The Hall–Kier alpha value is -0.910. The van der Waals surface area contributed by atoms with Crippen LogP contribution in [-0.2, 0) is 9.53 Å². The van der Waals surface area contributed by atoms with E-state index in [4.69, 9.17) is 22.1 Å². The van der Waals surface area contributed by atoms with Crippen LogP contribution in [-0.4, -0.2) is 33.2 Å². The van der Waals surface area contributed by atoms with Gasteiger partial charge in [-0.15, -0.1) is 0 Å². The monoisotopic (exact) mass is 284 g/mol. The average Bonchev–Trinajstić information content (AvgIpc) is 2.36. The normalized spacial score (nSPS) is 11.1. The highest BCUT2D eigenvalue weighted by Crippen LogP contribution is 2.30. The lowest BCUT2D eigenvalue weighted by Gasteiger charge is -2.22. The molecule has 5 heteroatoms. The molecule has 0 amide bonds. The molecule has 0 saturated heterocycles. The summed E-state index contributed by atoms with van der Waals surface area (Å²) in [5, 5.41) is 8.63. The Morgan fingerprint density at radius 2 is 2.00 bits per heavy atom. The number of thiocarbonyl (C=S) groups is 1. The van der Waals surface area contributed by atoms with Crippen molar-refractivity contribution in [3.63, 3.8) is 0 Å². The molecule has 0 bridgehead atoms. The first-order valence-corrected chi connectivity index (χ1v) is 6.76. The van der Waals surface area contributed by atoms with Crippen LogP contribution in [0.25, 0.3) is 0 Å². The third kappa shape index (κ3) is 4.40. The van der Waals surface area contributed by atoms with Gasteiger partial charge in [-0.25, -0.2) is 0 Å². The number of aliphatic hydroxyl groups excluding tert-OH is 1. The highest BCUT2D eigenvalue weighted by atomic mass is 32.2. The van der Waals surface area contributed by atoms with Crippen LogP contribution >= 0.6 is 24.0 Å². The van der Waals surface area contributed by atoms with E-state index in [-0.39, 0.29) is 19.2 Å². The molecule has 1 aromatic carbocycles. The molecule has 18 heavy (non-hydrogen) atoms. The predicted molar refractivity (Wildman–Crippen MR) is 77.9 cm³/mol. The summed E-state index contributed by atoms with van der Waals surface area (Å²) in [6.07, 6.45) is 0. The smallest absolute Gasteiger partial charge is 0.322 e. The topological polar surface area (TPSA) is 46.5 Å². The maximum atomic E-state index is 11.8. The summed E-state index contributed by atoms with van der Waals surface area (Å²) in [6, 6.07) is 9.53. The summed E-state index contributed by atoms with van der Waals surface area (Å²) in [6.45, 7) is 3.36. The van der Waals surface area contributed by atoms with Crippen molar-refractivity contribution in [2.45, 2.75) is 18.6 Å². The number of aliphatic hydroxyl groups is 1. The molecular weight excluding hydrogens is 268 g/mol. The van der Waals surface area contributed by atoms with Gasteiger partial charge in [0, 0.05) is 0 Å². The zero-order chi connectivity index (χ0) is 13.6. The van der Waals surface area contributed by atoms with Gasteiger partial charge in [-0.05, 0) is 19.4 Å². The molecule has 0 aliphatic carbocycles. The summed E-state index contributed by atoms with van der Waals surface area (Å²) in [4.78, 5) is 11.8. The minimum atomic E-state index is -0.762. The van der Waals surface area contributed by atoms with Gasteiger partial charge in [0.05, 0.1) is 10.8 Å². The van der Waals surface area contributed by atoms with Crippen molar-refractivity contribution in [2.75, 3.05) is 13.2 Å². The van der Waals surface area contributed by atoms with Crippen LogP contribution in [0, 0.1) is 0 Å². The van der Waals surface area contributed by atoms with Crippen molar-refractivity contribution < 1.29 is 14.6 Å². The Kier molecular flexibility index (Phi) is 5.78. The Bertz CT molecular complexity index is 416. The number of esters is 1. The zero-order valence-corrected chi connectivity index (χ0v) is 12.0. The Morgan fingerprint density at radius 1 is 1.39 bits per heavy atom. The molecular formula is C13H16O3S2. The van der Waals surface area contributed by atoms with Gasteiger partial charge in [0.25, 0.3) is 0 Å². The highest BCUT2D eigenvalue weighted by molar-refractivity contribution is 8.24. The third-order valence-corrected chi connectivity index (χ3v) is 3.76. The fourth-order valence-corrected chi connectivity index (χ4v) is 2.84. The number of ether oxygens (including phenoxy) is 1. The minimum absolute atomic E-state index is 0.0148. The molecule has 1 aromatic rings. The van der Waals surface area contributed by atoms with E-state index in [0.29, 0.717) is 4.20 Å². The van der Waals surface area contributed by atoms with Crippen LogP contribution in [0.1, 0.15) is 19.4 Å². The lowest BCUT2D eigenvalue weighted by atomic mass is 10.2. The van der Waals surface area contributed by atoms with Crippen molar-refractivity contribution in [2.24, 2.45) is 0 Å². The van der Waals surface area contributed by atoms with Crippen molar-refractivity contribution in [1.29, 1.82) is 0 Å². The number of carbonyl (C=O) groups is 1. The first-order chi connectivity index (χ1) is 8.47. The van der Waals surface area contributed by atoms with Gasteiger partial charge in [-0.3, -0.25) is 4.79 Å². The third-order valence-electron chi connectivity index (χ3n) is 2.17. The van der Waals surface area contributed by atoms with E-state index in [2.05, 4.69) is 0 Å². The number of hydrogen-bond acceptors (Lipinski definition) is 5. The number of thioether (sulfide) groups is 1. The predicted octanol–water partition coefficient (Wildman–Crippen LogP) is 2.41. The first kappa shape index (κ1) is 15.1. The molecule has 0 unspecified atom stereocenters. The summed E-state index contributed by atoms with van der Waals surface area (Å²) >= 11 is 6.60. The molecule has 98 valence electrons. The molecule has 0 aliphatic rings. The largest absolute Gasteiger partial charge is 0.462 e. The van der Waals surface area contributed by atoms with Crippen LogP contribution in [0.5, 0.6) is 0 Å². The molecule has 0 fully saturated rings.